The molecule has 1 unspecified atom stereocenters. The van der Waals surface area contributed by atoms with Crippen LogP contribution in [-0.4, -0.2) is 6.61 Å². The number of ether oxygens (including phenoxy) is 1. The van der Waals surface area contributed by atoms with E-state index in [4.69, 9.17) is 10.5 Å². The number of aryl methyl sites for hydroxylation is 1. The van der Waals surface area contributed by atoms with E-state index in [9.17, 15) is 4.39 Å². The SMILES string of the molecule is CCc1cccc(OCC(N)c2cccc(F)c2)c1. The highest BCUT2D eigenvalue weighted by Gasteiger charge is 2.08. The Kier molecular flexibility index (Phi) is 4.53. The topological polar surface area (TPSA) is 35.2 Å². The molecule has 3 heteroatoms. The van der Waals surface area contributed by atoms with Gasteiger partial charge < -0.3 is 10.5 Å². The molecule has 2 aromatic carbocycles. The Bertz CT molecular complexity index is 542. The minimum atomic E-state index is -0.332. The first kappa shape index (κ1) is 13.6. The number of rotatable bonds is 5. The second-order valence-corrected chi connectivity index (χ2v) is 4.47. The first-order chi connectivity index (χ1) is 9.19. The number of hydrogen-bond donors (Lipinski definition) is 1. The fraction of sp³-hybridized carbons (Fsp3) is 0.250. The molecule has 0 bridgehead atoms. The Balaban J connectivity index is 1.98. The van der Waals surface area contributed by atoms with Gasteiger partial charge in [0.25, 0.3) is 0 Å². The van der Waals surface area contributed by atoms with Crippen LogP contribution in [-0.2, 0) is 6.42 Å². The van der Waals surface area contributed by atoms with Crippen LogP contribution in [0, 0.1) is 5.82 Å². The molecule has 0 aliphatic heterocycles. The summed E-state index contributed by atoms with van der Waals surface area (Å²) in [4.78, 5) is 0. The number of hydrogen-bond acceptors (Lipinski definition) is 2. The molecule has 2 nitrogen and oxygen atoms in total. The molecule has 2 N–H and O–H groups in total. The van der Waals surface area contributed by atoms with Crippen LogP contribution in [0.3, 0.4) is 0 Å². The van der Waals surface area contributed by atoms with E-state index in [0.29, 0.717) is 6.61 Å². The van der Waals surface area contributed by atoms with Crippen LogP contribution in [0.25, 0.3) is 0 Å². The van der Waals surface area contributed by atoms with Crippen LogP contribution < -0.4 is 10.5 Å². The number of halogens is 1. The smallest absolute Gasteiger partial charge is 0.123 e. The van der Waals surface area contributed by atoms with Gasteiger partial charge in [-0.05, 0) is 41.8 Å². The molecule has 0 radical (unpaired) electrons. The second kappa shape index (κ2) is 6.34. The van der Waals surface area contributed by atoms with E-state index in [1.807, 2.05) is 18.2 Å². The summed E-state index contributed by atoms with van der Waals surface area (Å²) < 4.78 is 18.8. The summed E-state index contributed by atoms with van der Waals surface area (Å²) in [7, 11) is 0. The van der Waals surface area contributed by atoms with Crippen LogP contribution in [0.1, 0.15) is 24.1 Å². The highest BCUT2D eigenvalue weighted by Crippen LogP contribution is 2.17. The summed E-state index contributed by atoms with van der Waals surface area (Å²) >= 11 is 0. The lowest BCUT2D eigenvalue weighted by Gasteiger charge is -2.14. The minimum Gasteiger partial charge on any atom is -0.492 e. The van der Waals surface area contributed by atoms with Gasteiger partial charge in [-0.2, -0.15) is 0 Å². The van der Waals surface area contributed by atoms with Gasteiger partial charge in [0.15, 0.2) is 0 Å². The van der Waals surface area contributed by atoms with E-state index < -0.39 is 0 Å². The summed E-state index contributed by atoms with van der Waals surface area (Å²) in [6.45, 7) is 2.42. The first-order valence-corrected chi connectivity index (χ1v) is 6.42. The number of benzene rings is 2. The molecule has 0 saturated carbocycles. The molecule has 0 heterocycles. The van der Waals surface area contributed by atoms with Crippen molar-refractivity contribution in [1.82, 2.24) is 0 Å². The van der Waals surface area contributed by atoms with E-state index in [2.05, 4.69) is 13.0 Å². The molecule has 0 aliphatic carbocycles. The maximum absolute atomic E-state index is 13.1. The number of nitrogens with two attached hydrogens (primary N) is 1. The van der Waals surface area contributed by atoms with Gasteiger partial charge in [0, 0.05) is 0 Å². The van der Waals surface area contributed by atoms with E-state index >= 15 is 0 Å². The van der Waals surface area contributed by atoms with Gasteiger partial charge in [0.1, 0.15) is 18.2 Å². The average molecular weight is 259 g/mol. The highest BCUT2D eigenvalue weighted by atomic mass is 19.1. The molecular formula is C16H18FNO. The maximum atomic E-state index is 13.1. The fourth-order valence-electron chi connectivity index (χ4n) is 1.87. The minimum absolute atomic E-state index is 0.277. The van der Waals surface area contributed by atoms with Gasteiger partial charge in [-0.3, -0.25) is 0 Å². The lowest BCUT2D eigenvalue weighted by molar-refractivity contribution is 0.290. The van der Waals surface area contributed by atoms with Crippen LogP contribution >= 0.6 is 0 Å². The van der Waals surface area contributed by atoms with Crippen molar-refractivity contribution >= 4 is 0 Å². The predicted octanol–water partition coefficient (Wildman–Crippen LogP) is 3.47. The lowest BCUT2D eigenvalue weighted by Crippen LogP contribution is -2.19. The van der Waals surface area contributed by atoms with Crippen molar-refractivity contribution in [3.05, 3.63) is 65.5 Å². The summed E-state index contributed by atoms with van der Waals surface area (Å²) in [5.41, 5.74) is 7.95. The molecular weight excluding hydrogens is 241 g/mol. The Labute approximate surface area is 113 Å². The molecule has 0 spiro atoms. The van der Waals surface area contributed by atoms with Gasteiger partial charge in [-0.15, -0.1) is 0 Å². The predicted molar refractivity (Wildman–Crippen MR) is 74.6 cm³/mol. The van der Waals surface area contributed by atoms with Gasteiger partial charge in [0.2, 0.25) is 0 Å². The molecule has 19 heavy (non-hydrogen) atoms. The molecule has 0 saturated heterocycles. The third kappa shape index (κ3) is 3.80. The Morgan fingerprint density at radius 1 is 1.16 bits per heavy atom. The van der Waals surface area contributed by atoms with Gasteiger partial charge in [-0.25, -0.2) is 4.39 Å². The summed E-state index contributed by atoms with van der Waals surface area (Å²) in [5, 5.41) is 0. The van der Waals surface area contributed by atoms with Crippen molar-refractivity contribution in [2.24, 2.45) is 5.73 Å². The van der Waals surface area contributed by atoms with Crippen molar-refractivity contribution in [3.63, 3.8) is 0 Å². The van der Waals surface area contributed by atoms with Crippen molar-refractivity contribution in [1.29, 1.82) is 0 Å². The molecule has 0 fully saturated rings. The van der Waals surface area contributed by atoms with Crippen molar-refractivity contribution < 1.29 is 9.13 Å². The summed E-state index contributed by atoms with van der Waals surface area (Å²) in [6, 6.07) is 13.9. The summed E-state index contributed by atoms with van der Waals surface area (Å²) in [5.74, 6) is 0.520. The molecule has 0 aromatic heterocycles. The molecule has 100 valence electrons. The third-order valence-corrected chi connectivity index (χ3v) is 3.01. The molecule has 0 aliphatic rings. The first-order valence-electron chi connectivity index (χ1n) is 6.42. The Morgan fingerprint density at radius 2 is 1.95 bits per heavy atom. The van der Waals surface area contributed by atoms with Crippen molar-refractivity contribution in [2.75, 3.05) is 6.61 Å². The van der Waals surface area contributed by atoms with E-state index in [1.54, 1.807) is 12.1 Å². The molecule has 0 amide bonds. The average Bonchev–Trinajstić information content (AvgIpc) is 2.45. The largest absolute Gasteiger partial charge is 0.492 e. The van der Waals surface area contributed by atoms with Crippen LogP contribution in [0.4, 0.5) is 4.39 Å². The maximum Gasteiger partial charge on any atom is 0.123 e. The monoisotopic (exact) mass is 259 g/mol. The normalized spacial score (nSPS) is 12.2. The van der Waals surface area contributed by atoms with Crippen molar-refractivity contribution in [2.45, 2.75) is 19.4 Å². The quantitative estimate of drug-likeness (QED) is 0.892. The van der Waals surface area contributed by atoms with Crippen molar-refractivity contribution in [3.8, 4) is 5.75 Å². The zero-order valence-electron chi connectivity index (χ0n) is 11.0. The molecule has 2 rings (SSSR count). The molecule has 1 atom stereocenters. The van der Waals surface area contributed by atoms with E-state index in [1.165, 1.54) is 17.7 Å². The van der Waals surface area contributed by atoms with Crippen LogP contribution in [0.15, 0.2) is 48.5 Å². The van der Waals surface area contributed by atoms with E-state index in [0.717, 1.165) is 17.7 Å². The Morgan fingerprint density at radius 3 is 2.68 bits per heavy atom. The zero-order valence-corrected chi connectivity index (χ0v) is 11.0. The fourth-order valence-corrected chi connectivity index (χ4v) is 1.87. The lowest BCUT2D eigenvalue weighted by atomic mass is 10.1. The standard InChI is InChI=1S/C16H18FNO/c1-2-12-5-3-8-15(9-12)19-11-16(18)13-6-4-7-14(17)10-13/h3-10,16H,2,11,18H2,1H3. The van der Waals surface area contributed by atoms with Crippen LogP contribution in [0.2, 0.25) is 0 Å². The van der Waals surface area contributed by atoms with Gasteiger partial charge in [-0.1, -0.05) is 31.2 Å². The Hall–Kier alpha value is -1.87. The third-order valence-electron chi connectivity index (χ3n) is 3.01. The van der Waals surface area contributed by atoms with Gasteiger partial charge in [0.05, 0.1) is 6.04 Å². The van der Waals surface area contributed by atoms with Crippen LogP contribution in [0.5, 0.6) is 5.75 Å². The zero-order chi connectivity index (χ0) is 13.7. The summed E-state index contributed by atoms with van der Waals surface area (Å²) in [6.07, 6.45) is 0.965. The molecule has 2 aromatic rings. The second-order valence-electron chi connectivity index (χ2n) is 4.47. The van der Waals surface area contributed by atoms with Gasteiger partial charge >= 0.3 is 0 Å². The van der Waals surface area contributed by atoms with E-state index in [-0.39, 0.29) is 11.9 Å². The highest BCUT2D eigenvalue weighted by molar-refractivity contribution is 5.28.